The average molecular weight is 280 g/mol. The van der Waals surface area contributed by atoms with Gasteiger partial charge in [-0.15, -0.1) is 0 Å². The summed E-state index contributed by atoms with van der Waals surface area (Å²) >= 11 is 5.13. The topological polar surface area (TPSA) is 55.6 Å². The zero-order chi connectivity index (χ0) is 14.3. The molecule has 1 aromatic carbocycles. The summed E-state index contributed by atoms with van der Waals surface area (Å²) in [5.41, 5.74) is 6.84. The average Bonchev–Trinajstić information content (AvgIpc) is 2.38. The lowest BCUT2D eigenvalue weighted by atomic mass is 10.1. The molecule has 0 bridgehead atoms. The zero-order valence-electron chi connectivity index (χ0n) is 11.3. The third-order valence-electron chi connectivity index (χ3n) is 2.80. The van der Waals surface area contributed by atoms with Crippen LogP contribution in [0, 0.1) is 0 Å². The van der Waals surface area contributed by atoms with Gasteiger partial charge in [-0.1, -0.05) is 42.5 Å². The highest BCUT2D eigenvalue weighted by atomic mass is 32.1. The number of hydrogen-bond acceptors (Lipinski definition) is 4. The molecule has 0 spiro atoms. The molecule has 1 rings (SSSR count). The van der Waals surface area contributed by atoms with Crippen molar-refractivity contribution in [2.75, 3.05) is 20.2 Å². The van der Waals surface area contributed by atoms with Gasteiger partial charge in [-0.2, -0.15) is 0 Å². The number of rotatable bonds is 7. The van der Waals surface area contributed by atoms with Crippen molar-refractivity contribution in [2.45, 2.75) is 19.4 Å². The van der Waals surface area contributed by atoms with Crippen LogP contribution in [-0.4, -0.2) is 36.1 Å². The van der Waals surface area contributed by atoms with Gasteiger partial charge in [0, 0.05) is 6.54 Å². The summed E-state index contributed by atoms with van der Waals surface area (Å²) in [5, 5.41) is 0. The molecule has 0 fully saturated rings. The minimum absolute atomic E-state index is 0.161. The number of carbonyl (C=O) groups is 1. The Bertz CT molecular complexity index is 423. The van der Waals surface area contributed by atoms with Gasteiger partial charge in [0.05, 0.1) is 24.1 Å². The van der Waals surface area contributed by atoms with Gasteiger partial charge in [0.2, 0.25) is 0 Å². The fourth-order valence-corrected chi connectivity index (χ4v) is 2.22. The summed E-state index contributed by atoms with van der Waals surface area (Å²) in [6, 6.07) is 9.62. The highest BCUT2D eigenvalue weighted by Crippen LogP contribution is 2.19. The molecule has 5 heteroatoms. The van der Waals surface area contributed by atoms with Crippen LogP contribution in [0.1, 0.15) is 24.9 Å². The summed E-state index contributed by atoms with van der Waals surface area (Å²) in [6.45, 7) is 2.75. The van der Waals surface area contributed by atoms with Crippen LogP contribution in [0.4, 0.5) is 0 Å². The number of nitrogens with zero attached hydrogens (tertiary/aromatic N) is 1. The molecule has 0 saturated heterocycles. The molecule has 0 aromatic heterocycles. The largest absolute Gasteiger partial charge is 0.466 e. The summed E-state index contributed by atoms with van der Waals surface area (Å²) < 4.78 is 4.91. The lowest BCUT2D eigenvalue weighted by Gasteiger charge is -2.27. The van der Waals surface area contributed by atoms with Crippen molar-refractivity contribution >= 4 is 23.2 Å². The molecule has 0 aliphatic heterocycles. The van der Waals surface area contributed by atoms with E-state index in [1.807, 2.05) is 42.3 Å². The van der Waals surface area contributed by atoms with Crippen molar-refractivity contribution < 1.29 is 9.53 Å². The third-order valence-corrected chi connectivity index (χ3v) is 3.02. The smallest absolute Gasteiger partial charge is 0.307 e. The van der Waals surface area contributed by atoms with Crippen molar-refractivity contribution in [3.05, 3.63) is 35.9 Å². The molecule has 0 aliphatic carbocycles. The second-order valence-corrected chi connectivity index (χ2v) is 4.72. The minimum Gasteiger partial charge on any atom is -0.466 e. The number of benzene rings is 1. The first-order valence-electron chi connectivity index (χ1n) is 6.26. The first-order valence-corrected chi connectivity index (χ1v) is 6.67. The van der Waals surface area contributed by atoms with E-state index in [4.69, 9.17) is 22.7 Å². The van der Waals surface area contributed by atoms with Crippen LogP contribution in [0.2, 0.25) is 0 Å². The van der Waals surface area contributed by atoms with Gasteiger partial charge < -0.3 is 10.5 Å². The van der Waals surface area contributed by atoms with E-state index >= 15 is 0 Å². The van der Waals surface area contributed by atoms with Gasteiger partial charge in [0.15, 0.2) is 0 Å². The van der Waals surface area contributed by atoms with E-state index in [0.29, 0.717) is 24.6 Å². The SMILES string of the molecule is CCOC(=O)CCN(C)C(C(N)=S)c1ccccc1. The molecule has 0 heterocycles. The Morgan fingerprint density at radius 2 is 2.05 bits per heavy atom. The fourth-order valence-electron chi connectivity index (χ4n) is 1.90. The van der Waals surface area contributed by atoms with Crippen LogP contribution >= 0.6 is 12.2 Å². The molecule has 19 heavy (non-hydrogen) atoms. The number of nitrogens with two attached hydrogens (primary N) is 1. The zero-order valence-corrected chi connectivity index (χ0v) is 12.2. The van der Waals surface area contributed by atoms with Crippen LogP contribution in [0.15, 0.2) is 30.3 Å². The van der Waals surface area contributed by atoms with E-state index < -0.39 is 0 Å². The van der Waals surface area contributed by atoms with Crippen LogP contribution in [0.3, 0.4) is 0 Å². The number of ether oxygens (including phenoxy) is 1. The number of esters is 1. The first-order chi connectivity index (χ1) is 9.06. The van der Waals surface area contributed by atoms with E-state index in [2.05, 4.69) is 0 Å². The second kappa shape index (κ2) is 7.86. The molecule has 1 atom stereocenters. The summed E-state index contributed by atoms with van der Waals surface area (Å²) in [5.74, 6) is -0.205. The maximum atomic E-state index is 11.4. The highest BCUT2D eigenvalue weighted by molar-refractivity contribution is 7.80. The number of likely N-dealkylation sites (N-methyl/N-ethyl adjacent to an activating group) is 1. The Hall–Kier alpha value is -1.46. The molecule has 0 saturated carbocycles. The van der Waals surface area contributed by atoms with Crippen LogP contribution in [0.5, 0.6) is 0 Å². The van der Waals surface area contributed by atoms with Crippen molar-refractivity contribution in [1.82, 2.24) is 4.90 Å². The van der Waals surface area contributed by atoms with Crippen molar-refractivity contribution in [2.24, 2.45) is 5.73 Å². The molecule has 104 valence electrons. The quantitative estimate of drug-likeness (QED) is 0.610. The first kappa shape index (κ1) is 15.6. The predicted octanol–water partition coefficient (Wildman–Crippen LogP) is 1.90. The summed E-state index contributed by atoms with van der Waals surface area (Å²) in [7, 11) is 1.90. The summed E-state index contributed by atoms with van der Waals surface area (Å²) in [4.78, 5) is 13.7. The Kier molecular flexibility index (Phi) is 6.45. The number of thiocarbonyl (C=S) groups is 1. The van der Waals surface area contributed by atoms with Crippen molar-refractivity contribution in [3.63, 3.8) is 0 Å². The second-order valence-electron chi connectivity index (χ2n) is 4.25. The van der Waals surface area contributed by atoms with Gasteiger partial charge in [-0.3, -0.25) is 9.69 Å². The summed E-state index contributed by atoms with van der Waals surface area (Å²) in [6.07, 6.45) is 0.330. The number of carbonyl (C=O) groups excluding carboxylic acids is 1. The maximum absolute atomic E-state index is 11.4. The fraction of sp³-hybridized carbons (Fsp3) is 0.429. The van der Waals surface area contributed by atoms with Gasteiger partial charge in [0.25, 0.3) is 0 Å². The van der Waals surface area contributed by atoms with E-state index in [1.54, 1.807) is 6.92 Å². The van der Waals surface area contributed by atoms with Gasteiger partial charge in [-0.05, 0) is 19.5 Å². The van der Waals surface area contributed by atoms with E-state index in [0.717, 1.165) is 5.56 Å². The van der Waals surface area contributed by atoms with Gasteiger partial charge in [-0.25, -0.2) is 0 Å². The van der Waals surface area contributed by atoms with Crippen LogP contribution in [-0.2, 0) is 9.53 Å². The molecule has 1 aromatic rings. The van der Waals surface area contributed by atoms with E-state index in [-0.39, 0.29) is 12.0 Å². The molecule has 4 nitrogen and oxygen atoms in total. The van der Waals surface area contributed by atoms with Gasteiger partial charge in [0.1, 0.15) is 0 Å². The monoisotopic (exact) mass is 280 g/mol. The lowest BCUT2D eigenvalue weighted by Crippen LogP contribution is -2.35. The Labute approximate surface area is 119 Å². The van der Waals surface area contributed by atoms with Crippen molar-refractivity contribution in [1.29, 1.82) is 0 Å². The molecular weight excluding hydrogens is 260 g/mol. The molecule has 0 radical (unpaired) electrons. The molecule has 1 unspecified atom stereocenters. The Morgan fingerprint density at radius 3 is 2.58 bits per heavy atom. The maximum Gasteiger partial charge on any atom is 0.307 e. The predicted molar refractivity (Wildman–Crippen MR) is 79.8 cm³/mol. The molecule has 2 N–H and O–H groups in total. The third kappa shape index (κ3) is 4.96. The van der Waals surface area contributed by atoms with E-state index in [9.17, 15) is 4.79 Å². The minimum atomic E-state index is -0.205. The Balaban J connectivity index is 2.67. The van der Waals surface area contributed by atoms with Crippen LogP contribution in [0.25, 0.3) is 0 Å². The Morgan fingerprint density at radius 1 is 1.42 bits per heavy atom. The van der Waals surface area contributed by atoms with Crippen molar-refractivity contribution in [3.8, 4) is 0 Å². The van der Waals surface area contributed by atoms with Gasteiger partial charge >= 0.3 is 5.97 Å². The van der Waals surface area contributed by atoms with Crippen LogP contribution < -0.4 is 5.73 Å². The highest BCUT2D eigenvalue weighted by Gasteiger charge is 2.20. The van der Waals surface area contributed by atoms with E-state index in [1.165, 1.54) is 0 Å². The lowest BCUT2D eigenvalue weighted by molar-refractivity contribution is -0.143. The molecule has 0 amide bonds. The number of hydrogen-bond donors (Lipinski definition) is 1. The standard InChI is InChI=1S/C14H20N2O2S/c1-3-18-12(17)9-10-16(2)13(14(15)19)11-7-5-4-6-8-11/h4-8,13H,3,9-10H2,1-2H3,(H2,15,19). The molecular formula is C14H20N2O2S. The molecule has 0 aliphatic rings. The normalized spacial score (nSPS) is 12.2.